The number of nitrogens with one attached hydrogen (secondary N) is 1. The monoisotopic (exact) mass is 275 g/mol. The molecule has 0 saturated carbocycles. The molecule has 104 valence electrons. The molecule has 2 saturated heterocycles. The molecule has 2 unspecified atom stereocenters. The molecule has 0 radical (unpaired) electrons. The van der Waals surface area contributed by atoms with Crippen molar-refractivity contribution < 1.29 is 13.2 Å². The molecule has 0 aromatic rings. The summed E-state index contributed by atoms with van der Waals surface area (Å²) >= 11 is 0. The van der Waals surface area contributed by atoms with Crippen LogP contribution in [0.25, 0.3) is 0 Å². The lowest BCUT2D eigenvalue weighted by molar-refractivity contribution is -0.124. The Morgan fingerprint density at radius 1 is 1.39 bits per heavy atom. The second kappa shape index (κ2) is 5.54. The second-order valence-corrected chi connectivity index (χ2v) is 7.17. The molecule has 7 heteroatoms. The molecule has 2 aliphatic heterocycles. The minimum atomic E-state index is -3.17. The van der Waals surface area contributed by atoms with Crippen LogP contribution in [0.15, 0.2) is 0 Å². The van der Waals surface area contributed by atoms with Crippen molar-refractivity contribution in [2.45, 2.75) is 31.7 Å². The van der Waals surface area contributed by atoms with E-state index in [0.29, 0.717) is 32.5 Å². The van der Waals surface area contributed by atoms with E-state index in [2.05, 4.69) is 5.32 Å². The van der Waals surface area contributed by atoms with Crippen molar-refractivity contribution in [1.29, 1.82) is 0 Å². The number of hydrogen-bond acceptors (Lipinski definition) is 4. The number of nitrogens with two attached hydrogens (primary N) is 1. The van der Waals surface area contributed by atoms with Gasteiger partial charge in [-0.2, -0.15) is 0 Å². The van der Waals surface area contributed by atoms with Gasteiger partial charge < -0.3 is 11.1 Å². The molecular weight excluding hydrogens is 254 g/mol. The molecule has 0 bridgehead atoms. The van der Waals surface area contributed by atoms with E-state index in [1.165, 1.54) is 0 Å². The molecule has 0 aromatic heterocycles. The standard InChI is InChI=1S/C11H21N3O3S/c12-5-1-7-18(16,17)14-6-4-10-9(8-14)2-3-11(15)13-10/h9-10H,1-8,12H2,(H,13,15). The Balaban J connectivity index is 1.96. The molecule has 0 aromatic carbocycles. The van der Waals surface area contributed by atoms with Crippen LogP contribution >= 0.6 is 0 Å². The highest BCUT2D eigenvalue weighted by Crippen LogP contribution is 2.26. The van der Waals surface area contributed by atoms with Gasteiger partial charge in [-0.1, -0.05) is 0 Å². The molecule has 0 aliphatic carbocycles. The molecule has 2 atom stereocenters. The van der Waals surface area contributed by atoms with Gasteiger partial charge in [-0.15, -0.1) is 0 Å². The van der Waals surface area contributed by atoms with Crippen molar-refractivity contribution in [3.05, 3.63) is 0 Å². The van der Waals surface area contributed by atoms with Gasteiger partial charge in [-0.05, 0) is 31.7 Å². The van der Waals surface area contributed by atoms with Crippen LogP contribution < -0.4 is 11.1 Å². The Kier molecular flexibility index (Phi) is 4.24. The van der Waals surface area contributed by atoms with Crippen LogP contribution in [0.2, 0.25) is 0 Å². The lowest BCUT2D eigenvalue weighted by Crippen LogP contribution is -2.55. The van der Waals surface area contributed by atoms with Crippen molar-refractivity contribution in [3.8, 4) is 0 Å². The molecule has 0 spiro atoms. The third-order valence-corrected chi connectivity index (χ3v) is 5.71. The Morgan fingerprint density at radius 3 is 2.89 bits per heavy atom. The van der Waals surface area contributed by atoms with Crippen LogP contribution in [0.3, 0.4) is 0 Å². The zero-order chi connectivity index (χ0) is 13.2. The second-order valence-electron chi connectivity index (χ2n) is 5.08. The molecule has 2 aliphatic rings. The summed E-state index contributed by atoms with van der Waals surface area (Å²) in [5.41, 5.74) is 5.36. The third kappa shape index (κ3) is 3.02. The number of sulfonamides is 1. The number of rotatable bonds is 4. The fourth-order valence-corrected chi connectivity index (χ4v) is 4.32. The quantitative estimate of drug-likeness (QED) is 0.707. The van der Waals surface area contributed by atoms with Crippen LogP contribution in [0.5, 0.6) is 0 Å². The van der Waals surface area contributed by atoms with E-state index in [1.807, 2.05) is 0 Å². The van der Waals surface area contributed by atoms with Gasteiger partial charge in [0.2, 0.25) is 15.9 Å². The Morgan fingerprint density at radius 2 is 2.17 bits per heavy atom. The van der Waals surface area contributed by atoms with Crippen molar-refractivity contribution in [1.82, 2.24) is 9.62 Å². The van der Waals surface area contributed by atoms with Crippen LogP contribution in [-0.2, 0) is 14.8 Å². The molecule has 3 N–H and O–H groups in total. The van der Waals surface area contributed by atoms with Crippen LogP contribution in [0, 0.1) is 5.92 Å². The third-order valence-electron chi connectivity index (χ3n) is 3.79. The normalized spacial score (nSPS) is 29.7. The fraction of sp³-hybridized carbons (Fsp3) is 0.909. The fourth-order valence-electron chi connectivity index (χ4n) is 2.72. The maximum Gasteiger partial charge on any atom is 0.220 e. The predicted octanol–water partition coefficient (Wildman–Crippen LogP) is -0.734. The summed E-state index contributed by atoms with van der Waals surface area (Å²) in [6, 6.07) is 0.159. The first-order valence-corrected chi connectivity index (χ1v) is 8.11. The minimum Gasteiger partial charge on any atom is -0.353 e. The smallest absolute Gasteiger partial charge is 0.220 e. The molecule has 2 fully saturated rings. The van der Waals surface area contributed by atoms with Crippen molar-refractivity contribution in [3.63, 3.8) is 0 Å². The van der Waals surface area contributed by atoms with E-state index < -0.39 is 10.0 Å². The molecule has 2 rings (SSSR count). The Hall–Kier alpha value is -0.660. The molecule has 18 heavy (non-hydrogen) atoms. The minimum absolute atomic E-state index is 0.0932. The first-order chi connectivity index (χ1) is 8.53. The summed E-state index contributed by atoms with van der Waals surface area (Å²) < 4.78 is 25.7. The number of amides is 1. The number of carbonyl (C=O) groups is 1. The highest BCUT2D eigenvalue weighted by Gasteiger charge is 2.37. The summed E-state index contributed by atoms with van der Waals surface area (Å²) in [6.45, 7) is 1.45. The highest BCUT2D eigenvalue weighted by atomic mass is 32.2. The largest absolute Gasteiger partial charge is 0.353 e. The van der Waals surface area contributed by atoms with Gasteiger partial charge in [-0.3, -0.25) is 4.79 Å². The SMILES string of the molecule is NCCCS(=O)(=O)N1CCC2NC(=O)CCC2C1. The average Bonchev–Trinajstić information content (AvgIpc) is 2.35. The van der Waals surface area contributed by atoms with Crippen molar-refractivity contribution in [2.75, 3.05) is 25.4 Å². The number of carbonyl (C=O) groups excluding carboxylic acids is 1. The molecule has 6 nitrogen and oxygen atoms in total. The number of hydrogen-bond donors (Lipinski definition) is 2. The van der Waals surface area contributed by atoms with Gasteiger partial charge >= 0.3 is 0 Å². The summed E-state index contributed by atoms with van der Waals surface area (Å²) in [4.78, 5) is 11.3. The first-order valence-electron chi connectivity index (χ1n) is 6.50. The van der Waals surface area contributed by atoms with Crippen molar-refractivity contribution >= 4 is 15.9 Å². The van der Waals surface area contributed by atoms with Gasteiger partial charge in [0, 0.05) is 25.6 Å². The lowest BCUT2D eigenvalue weighted by atomic mass is 9.86. The van der Waals surface area contributed by atoms with Gasteiger partial charge in [0.05, 0.1) is 5.75 Å². The number of piperidine rings is 2. The first kappa shape index (κ1) is 13.8. The summed E-state index contributed by atoms with van der Waals surface area (Å²) in [5, 5.41) is 2.95. The van der Waals surface area contributed by atoms with E-state index in [-0.39, 0.29) is 23.6 Å². The van der Waals surface area contributed by atoms with Gasteiger partial charge in [-0.25, -0.2) is 12.7 Å². The maximum atomic E-state index is 12.1. The van der Waals surface area contributed by atoms with Gasteiger partial charge in [0.15, 0.2) is 0 Å². The summed E-state index contributed by atoms with van der Waals surface area (Å²) in [5.74, 6) is 0.493. The van der Waals surface area contributed by atoms with E-state index in [1.54, 1.807) is 4.31 Å². The van der Waals surface area contributed by atoms with Crippen LogP contribution in [0.1, 0.15) is 25.7 Å². The summed E-state index contributed by atoms with van der Waals surface area (Å²) in [6.07, 6.45) is 2.53. The predicted molar refractivity (Wildman–Crippen MR) is 68.3 cm³/mol. The zero-order valence-electron chi connectivity index (χ0n) is 10.5. The molecule has 2 heterocycles. The van der Waals surface area contributed by atoms with Crippen LogP contribution in [0.4, 0.5) is 0 Å². The van der Waals surface area contributed by atoms with E-state index in [4.69, 9.17) is 5.73 Å². The lowest BCUT2D eigenvalue weighted by Gasteiger charge is -2.40. The van der Waals surface area contributed by atoms with Gasteiger partial charge in [0.1, 0.15) is 0 Å². The average molecular weight is 275 g/mol. The van der Waals surface area contributed by atoms with E-state index in [0.717, 1.165) is 12.8 Å². The molecule has 1 amide bonds. The maximum absolute atomic E-state index is 12.1. The topological polar surface area (TPSA) is 92.5 Å². The zero-order valence-corrected chi connectivity index (χ0v) is 11.3. The van der Waals surface area contributed by atoms with Crippen LogP contribution in [-0.4, -0.2) is 50.1 Å². The van der Waals surface area contributed by atoms with E-state index in [9.17, 15) is 13.2 Å². The molecular formula is C11H21N3O3S. The number of nitrogens with zero attached hydrogens (tertiary/aromatic N) is 1. The van der Waals surface area contributed by atoms with E-state index >= 15 is 0 Å². The Bertz CT molecular complexity index is 410. The highest BCUT2D eigenvalue weighted by molar-refractivity contribution is 7.89. The summed E-state index contributed by atoms with van der Waals surface area (Å²) in [7, 11) is -3.17. The van der Waals surface area contributed by atoms with Gasteiger partial charge in [0.25, 0.3) is 0 Å². The Labute approximate surface area is 108 Å². The van der Waals surface area contributed by atoms with Crippen molar-refractivity contribution in [2.24, 2.45) is 11.7 Å². The number of fused-ring (bicyclic) bond motifs is 1.